The van der Waals surface area contributed by atoms with Crippen molar-refractivity contribution >= 4 is 0 Å². The molecule has 0 heterocycles. The minimum Gasteiger partial charge on any atom is -0.496 e. The predicted octanol–water partition coefficient (Wildman–Crippen LogP) is 2.27. The summed E-state index contributed by atoms with van der Waals surface area (Å²) < 4.78 is 11.1. The van der Waals surface area contributed by atoms with Gasteiger partial charge in [-0.1, -0.05) is 0 Å². The molecule has 0 aliphatic rings. The zero-order valence-corrected chi connectivity index (χ0v) is 12.9. The number of rotatable bonds is 6. The van der Waals surface area contributed by atoms with Gasteiger partial charge in [-0.05, 0) is 58.1 Å². The molecule has 1 atom stereocenters. The fourth-order valence-electron chi connectivity index (χ4n) is 2.47. The second kappa shape index (κ2) is 6.78. The summed E-state index contributed by atoms with van der Waals surface area (Å²) in [5.41, 5.74) is 9.12. The summed E-state index contributed by atoms with van der Waals surface area (Å²) in [6, 6.07) is 2.30. The SMILES string of the molecule is COc1cc(C(CCN)N(C)C)c(OC)c(C)c1C. The van der Waals surface area contributed by atoms with Gasteiger partial charge < -0.3 is 20.1 Å². The molecule has 0 saturated carbocycles. The van der Waals surface area contributed by atoms with Crippen LogP contribution in [0.4, 0.5) is 0 Å². The fourth-order valence-corrected chi connectivity index (χ4v) is 2.47. The van der Waals surface area contributed by atoms with Crippen LogP contribution in [0.1, 0.15) is 29.2 Å². The van der Waals surface area contributed by atoms with Crippen molar-refractivity contribution in [3.63, 3.8) is 0 Å². The van der Waals surface area contributed by atoms with Gasteiger partial charge in [-0.2, -0.15) is 0 Å². The molecule has 0 aliphatic heterocycles. The smallest absolute Gasteiger partial charge is 0.127 e. The van der Waals surface area contributed by atoms with E-state index in [-0.39, 0.29) is 6.04 Å². The van der Waals surface area contributed by atoms with E-state index < -0.39 is 0 Å². The summed E-state index contributed by atoms with van der Waals surface area (Å²) >= 11 is 0. The van der Waals surface area contributed by atoms with E-state index in [9.17, 15) is 0 Å². The summed E-state index contributed by atoms with van der Waals surface area (Å²) in [6.45, 7) is 4.75. The number of benzene rings is 1. The van der Waals surface area contributed by atoms with Crippen LogP contribution >= 0.6 is 0 Å². The van der Waals surface area contributed by atoms with E-state index in [1.165, 1.54) is 0 Å². The van der Waals surface area contributed by atoms with Crippen LogP contribution in [0.2, 0.25) is 0 Å². The van der Waals surface area contributed by atoms with Crippen LogP contribution in [-0.2, 0) is 0 Å². The molecule has 0 amide bonds. The first-order chi connectivity index (χ1) is 8.97. The van der Waals surface area contributed by atoms with Crippen LogP contribution in [0.15, 0.2) is 6.07 Å². The zero-order valence-electron chi connectivity index (χ0n) is 12.9. The molecule has 0 aliphatic carbocycles. The third kappa shape index (κ3) is 3.19. The number of nitrogens with two attached hydrogens (primary N) is 1. The molecule has 19 heavy (non-hydrogen) atoms. The Morgan fingerprint density at radius 1 is 1.16 bits per heavy atom. The van der Waals surface area contributed by atoms with Crippen molar-refractivity contribution in [3.05, 3.63) is 22.8 Å². The van der Waals surface area contributed by atoms with Gasteiger partial charge in [0.2, 0.25) is 0 Å². The van der Waals surface area contributed by atoms with Gasteiger partial charge in [0.1, 0.15) is 11.5 Å². The summed E-state index contributed by atoms with van der Waals surface area (Å²) in [4.78, 5) is 2.17. The van der Waals surface area contributed by atoms with Crippen molar-refractivity contribution in [2.45, 2.75) is 26.3 Å². The lowest BCUT2D eigenvalue weighted by molar-refractivity contribution is 0.275. The first kappa shape index (κ1) is 15.8. The average Bonchev–Trinajstić information content (AvgIpc) is 2.38. The molecular formula is C15H26N2O2. The first-order valence-electron chi connectivity index (χ1n) is 6.56. The summed E-state index contributed by atoms with van der Waals surface area (Å²) in [5.74, 6) is 1.84. The molecule has 1 aromatic rings. The minimum atomic E-state index is 0.230. The average molecular weight is 266 g/mol. The van der Waals surface area contributed by atoms with Crippen molar-refractivity contribution < 1.29 is 9.47 Å². The molecule has 0 radical (unpaired) electrons. The molecule has 0 bridgehead atoms. The van der Waals surface area contributed by atoms with Crippen LogP contribution in [0.3, 0.4) is 0 Å². The molecule has 1 aromatic carbocycles. The number of hydrogen-bond donors (Lipinski definition) is 1. The van der Waals surface area contributed by atoms with Gasteiger partial charge in [0.15, 0.2) is 0 Å². The molecule has 2 N–H and O–H groups in total. The Kier molecular flexibility index (Phi) is 5.63. The Bertz CT molecular complexity index is 431. The maximum atomic E-state index is 5.74. The van der Waals surface area contributed by atoms with Crippen LogP contribution in [0, 0.1) is 13.8 Å². The molecule has 1 unspecified atom stereocenters. The van der Waals surface area contributed by atoms with E-state index in [1.807, 2.05) is 6.92 Å². The fraction of sp³-hybridized carbons (Fsp3) is 0.600. The maximum absolute atomic E-state index is 5.74. The van der Waals surface area contributed by atoms with Crippen LogP contribution in [0.5, 0.6) is 11.5 Å². The van der Waals surface area contributed by atoms with Crippen molar-refractivity contribution in [1.29, 1.82) is 0 Å². The third-order valence-electron chi connectivity index (χ3n) is 3.67. The highest BCUT2D eigenvalue weighted by Gasteiger charge is 2.22. The van der Waals surface area contributed by atoms with Gasteiger partial charge in [-0.3, -0.25) is 0 Å². The van der Waals surface area contributed by atoms with E-state index >= 15 is 0 Å². The molecule has 4 nitrogen and oxygen atoms in total. The Labute approximate surface area is 116 Å². The Morgan fingerprint density at radius 2 is 1.79 bits per heavy atom. The van der Waals surface area contributed by atoms with E-state index in [0.717, 1.165) is 34.6 Å². The van der Waals surface area contributed by atoms with Crippen LogP contribution in [-0.4, -0.2) is 39.8 Å². The van der Waals surface area contributed by atoms with Gasteiger partial charge in [0.05, 0.1) is 14.2 Å². The first-order valence-corrected chi connectivity index (χ1v) is 6.56. The molecule has 0 aromatic heterocycles. The summed E-state index contributed by atoms with van der Waals surface area (Å²) in [7, 11) is 7.53. The monoisotopic (exact) mass is 266 g/mol. The summed E-state index contributed by atoms with van der Waals surface area (Å²) in [5, 5.41) is 0. The van der Waals surface area contributed by atoms with E-state index in [1.54, 1.807) is 14.2 Å². The summed E-state index contributed by atoms with van der Waals surface area (Å²) in [6.07, 6.45) is 0.884. The Hall–Kier alpha value is -1.26. The largest absolute Gasteiger partial charge is 0.496 e. The van der Waals surface area contributed by atoms with Gasteiger partial charge in [0.25, 0.3) is 0 Å². The number of hydrogen-bond acceptors (Lipinski definition) is 4. The standard InChI is InChI=1S/C15H26N2O2/c1-10-11(2)15(19-6)12(9-14(10)18-5)13(7-8-16)17(3)4/h9,13H,7-8,16H2,1-6H3. The van der Waals surface area contributed by atoms with Crippen molar-refractivity contribution in [2.24, 2.45) is 5.73 Å². The Morgan fingerprint density at radius 3 is 2.21 bits per heavy atom. The van der Waals surface area contributed by atoms with Crippen molar-refractivity contribution in [2.75, 3.05) is 34.9 Å². The van der Waals surface area contributed by atoms with E-state index in [2.05, 4.69) is 32.0 Å². The molecule has 0 spiro atoms. The van der Waals surface area contributed by atoms with Gasteiger partial charge in [0, 0.05) is 11.6 Å². The number of ether oxygens (including phenoxy) is 2. The topological polar surface area (TPSA) is 47.7 Å². The number of nitrogens with zero attached hydrogens (tertiary/aromatic N) is 1. The highest BCUT2D eigenvalue weighted by molar-refractivity contribution is 5.53. The second-order valence-electron chi connectivity index (χ2n) is 5.01. The highest BCUT2D eigenvalue weighted by atomic mass is 16.5. The molecule has 0 fully saturated rings. The van der Waals surface area contributed by atoms with Crippen LogP contribution in [0.25, 0.3) is 0 Å². The lowest BCUT2D eigenvalue weighted by Gasteiger charge is -2.28. The zero-order chi connectivity index (χ0) is 14.6. The van der Waals surface area contributed by atoms with Crippen LogP contribution < -0.4 is 15.2 Å². The Balaban J connectivity index is 3.42. The highest BCUT2D eigenvalue weighted by Crippen LogP contribution is 2.38. The second-order valence-corrected chi connectivity index (χ2v) is 5.01. The molecule has 108 valence electrons. The molecule has 4 heteroatoms. The maximum Gasteiger partial charge on any atom is 0.127 e. The van der Waals surface area contributed by atoms with Gasteiger partial charge in [-0.25, -0.2) is 0 Å². The number of methoxy groups -OCH3 is 2. The lowest BCUT2D eigenvalue weighted by atomic mass is 9.95. The third-order valence-corrected chi connectivity index (χ3v) is 3.67. The normalized spacial score (nSPS) is 12.6. The van der Waals surface area contributed by atoms with E-state index in [4.69, 9.17) is 15.2 Å². The lowest BCUT2D eigenvalue weighted by Crippen LogP contribution is -2.23. The quantitative estimate of drug-likeness (QED) is 0.858. The molecule has 1 rings (SSSR count). The van der Waals surface area contributed by atoms with Gasteiger partial charge >= 0.3 is 0 Å². The van der Waals surface area contributed by atoms with Gasteiger partial charge in [-0.15, -0.1) is 0 Å². The van der Waals surface area contributed by atoms with E-state index in [0.29, 0.717) is 6.54 Å². The predicted molar refractivity (Wildman–Crippen MR) is 79.1 cm³/mol. The van der Waals surface area contributed by atoms with Crippen molar-refractivity contribution in [3.8, 4) is 11.5 Å². The van der Waals surface area contributed by atoms with Crippen molar-refractivity contribution in [1.82, 2.24) is 4.90 Å². The molecular weight excluding hydrogens is 240 g/mol. The minimum absolute atomic E-state index is 0.230. The molecule has 0 saturated heterocycles.